The fraction of sp³-hybridized carbons (Fsp3) is 0.923. The van der Waals surface area contributed by atoms with Crippen molar-refractivity contribution in [2.24, 2.45) is 5.92 Å². The topological polar surface area (TPSA) is 60.9 Å². The standard InChI is InChI=1S/C13H26ClN3O3S/c1-12(9-14)11-21(19,20)17-6-4-5-16(7-8-17)10-13(18)15(2)3/h12H,4-11H2,1-3H3. The van der Waals surface area contributed by atoms with Crippen LogP contribution in [0, 0.1) is 5.92 Å². The molecule has 0 aromatic carbocycles. The maximum atomic E-state index is 12.3. The number of halogens is 1. The van der Waals surface area contributed by atoms with Crippen LogP contribution >= 0.6 is 11.6 Å². The van der Waals surface area contributed by atoms with Gasteiger partial charge in [0.1, 0.15) is 0 Å². The third kappa shape index (κ3) is 6.10. The molecule has 1 heterocycles. The van der Waals surface area contributed by atoms with Crippen molar-refractivity contribution in [2.75, 3.05) is 58.5 Å². The zero-order chi connectivity index (χ0) is 16.0. The van der Waals surface area contributed by atoms with E-state index in [1.165, 1.54) is 4.31 Å². The quantitative estimate of drug-likeness (QED) is 0.652. The van der Waals surface area contributed by atoms with Crippen LogP contribution in [0.3, 0.4) is 0 Å². The maximum absolute atomic E-state index is 12.3. The highest BCUT2D eigenvalue weighted by Crippen LogP contribution is 2.12. The summed E-state index contributed by atoms with van der Waals surface area (Å²) in [6.45, 7) is 4.48. The Labute approximate surface area is 133 Å². The molecule has 8 heteroatoms. The Morgan fingerprint density at radius 2 is 1.90 bits per heavy atom. The van der Waals surface area contributed by atoms with E-state index in [1.54, 1.807) is 19.0 Å². The highest BCUT2D eigenvalue weighted by Gasteiger charge is 2.27. The van der Waals surface area contributed by atoms with E-state index < -0.39 is 10.0 Å². The number of likely N-dealkylation sites (N-methyl/N-ethyl adjacent to an activating group) is 1. The molecule has 0 bridgehead atoms. The van der Waals surface area contributed by atoms with Crippen molar-refractivity contribution < 1.29 is 13.2 Å². The number of hydrogen-bond donors (Lipinski definition) is 0. The van der Waals surface area contributed by atoms with Gasteiger partial charge in [-0.1, -0.05) is 6.92 Å². The molecule has 1 aliphatic heterocycles. The number of hydrogen-bond acceptors (Lipinski definition) is 4. The van der Waals surface area contributed by atoms with E-state index in [0.717, 1.165) is 13.0 Å². The van der Waals surface area contributed by atoms with Gasteiger partial charge in [0.15, 0.2) is 0 Å². The van der Waals surface area contributed by atoms with Crippen molar-refractivity contribution in [3.05, 3.63) is 0 Å². The fourth-order valence-electron chi connectivity index (χ4n) is 2.23. The Hall–Kier alpha value is -0.370. The molecule has 6 nitrogen and oxygen atoms in total. The highest BCUT2D eigenvalue weighted by molar-refractivity contribution is 7.89. The molecule has 1 atom stereocenters. The van der Waals surface area contributed by atoms with Crippen LogP contribution in [0.1, 0.15) is 13.3 Å². The van der Waals surface area contributed by atoms with E-state index in [0.29, 0.717) is 32.1 Å². The number of amides is 1. The molecule has 1 unspecified atom stereocenters. The molecular formula is C13H26ClN3O3S. The average molecular weight is 340 g/mol. The van der Waals surface area contributed by atoms with Crippen LogP contribution in [0.15, 0.2) is 0 Å². The molecule has 0 spiro atoms. The minimum absolute atomic E-state index is 0.0436. The first-order valence-electron chi connectivity index (χ1n) is 7.22. The fourth-order valence-corrected chi connectivity index (χ4v) is 4.28. The van der Waals surface area contributed by atoms with Gasteiger partial charge < -0.3 is 4.90 Å². The van der Waals surface area contributed by atoms with E-state index >= 15 is 0 Å². The summed E-state index contributed by atoms with van der Waals surface area (Å²) >= 11 is 5.71. The first-order chi connectivity index (χ1) is 9.76. The smallest absolute Gasteiger partial charge is 0.236 e. The summed E-state index contributed by atoms with van der Waals surface area (Å²) in [4.78, 5) is 15.3. The largest absolute Gasteiger partial charge is 0.348 e. The van der Waals surface area contributed by atoms with Gasteiger partial charge in [-0.2, -0.15) is 0 Å². The third-order valence-electron chi connectivity index (χ3n) is 3.56. The second-order valence-corrected chi connectivity index (χ2v) is 8.18. The van der Waals surface area contributed by atoms with Crippen LogP contribution in [-0.2, 0) is 14.8 Å². The zero-order valence-electron chi connectivity index (χ0n) is 13.1. The number of rotatable bonds is 6. The van der Waals surface area contributed by atoms with Crippen molar-refractivity contribution in [2.45, 2.75) is 13.3 Å². The number of nitrogens with zero attached hydrogens (tertiary/aromatic N) is 3. The lowest BCUT2D eigenvalue weighted by atomic mass is 10.3. The van der Waals surface area contributed by atoms with Gasteiger partial charge in [0.05, 0.1) is 12.3 Å². The Kier molecular flexibility index (Phi) is 7.39. The summed E-state index contributed by atoms with van der Waals surface area (Å²) in [5.74, 6) is 0.428. The molecular weight excluding hydrogens is 314 g/mol. The molecule has 0 aliphatic carbocycles. The molecule has 1 saturated heterocycles. The van der Waals surface area contributed by atoms with Crippen molar-refractivity contribution in [3.8, 4) is 0 Å². The summed E-state index contributed by atoms with van der Waals surface area (Å²) in [5, 5.41) is 0. The van der Waals surface area contributed by atoms with Crippen LogP contribution in [0.4, 0.5) is 0 Å². The number of carbonyl (C=O) groups excluding carboxylic acids is 1. The SMILES string of the molecule is CC(CCl)CS(=O)(=O)N1CCCN(CC(=O)N(C)C)CC1. The third-order valence-corrected chi connectivity index (χ3v) is 6.23. The molecule has 124 valence electrons. The lowest BCUT2D eigenvalue weighted by Crippen LogP contribution is -2.40. The summed E-state index contributed by atoms with van der Waals surface area (Å²) in [6.07, 6.45) is 0.745. The highest BCUT2D eigenvalue weighted by atomic mass is 35.5. The summed E-state index contributed by atoms with van der Waals surface area (Å²) in [6, 6.07) is 0. The van der Waals surface area contributed by atoms with Crippen molar-refractivity contribution >= 4 is 27.5 Å². The molecule has 1 rings (SSSR count). The lowest BCUT2D eigenvalue weighted by Gasteiger charge is -2.23. The number of sulfonamides is 1. The second kappa shape index (κ2) is 8.31. The van der Waals surface area contributed by atoms with E-state index in [4.69, 9.17) is 11.6 Å². The average Bonchev–Trinajstić information content (AvgIpc) is 2.64. The van der Waals surface area contributed by atoms with Gasteiger partial charge in [0.2, 0.25) is 15.9 Å². The first-order valence-corrected chi connectivity index (χ1v) is 9.37. The molecule has 0 aromatic rings. The van der Waals surface area contributed by atoms with Crippen LogP contribution in [0.5, 0.6) is 0 Å². The van der Waals surface area contributed by atoms with Crippen molar-refractivity contribution in [1.29, 1.82) is 0 Å². The summed E-state index contributed by atoms with van der Waals surface area (Å²) in [5.41, 5.74) is 0. The van der Waals surface area contributed by atoms with Crippen molar-refractivity contribution in [3.63, 3.8) is 0 Å². The van der Waals surface area contributed by atoms with Gasteiger partial charge in [-0.15, -0.1) is 11.6 Å². The molecule has 21 heavy (non-hydrogen) atoms. The van der Waals surface area contributed by atoms with E-state index in [1.807, 2.05) is 11.8 Å². The molecule has 0 saturated carbocycles. The normalized spacial score (nSPS) is 20.0. The van der Waals surface area contributed by atoms with Gasteiger partial charge in [-0.25, -0.2) is 12.7 Å². The Balaban J connectivity index is 2.58. The van der Waals surface area contributed by atoms with E-state index in [2.05, 4.69) is 0 Å². The molecule has 1 aliphatic rings. The zero-order valence-corrected chi connectivity index (χ0v) is 14.7. The summed E-state index contributed by atoms with van der Waals surface area (Å²) in [7, 11) is 0.194. The Bertz CT molecular complexity index is 442. The molecule has 0 N–H and O–H groups in total. The van der Waals surface area contributed by atoms with Gasteiger partial charge in [-0.3, -0.25) is 9.69 Å². The van der Waals surface area contributed by atoms with Crippen LogP contribution < -0.4 is 0 Å². The first kappa shape index (κ1) is 18.7. The number of carbonyl (C=O) groups is 1. The molecule has 1 amide bonds. The van der Waals surface area contributed by atoms with Crippen LogP contribution in [0.25, 0.3) is 0 Å². The monoisotopic (exact) mass is 339 g/mol. The molecule has 0 aromatic heterocycles. The van der Waals surface area contributed by atoms with Gasteiger partial charge in [0.25, 0.3) is 0 Å². The Morgan fingerprint density at radius 1 is 1.24 bits per heavy atom. The van der Waals surface area contributed by atoms with Crippen LogP contribution in [-0.4, -0.2) is 86.9 Å². The maximum Gasteiger partial charge on any atom is 0.236 e. The van der Waals surface area contributed by atoms with E-state index in [9.17, 15) is 13.2 Å². The lowest BCUT2D eigenvalue weighted by molar-refractivity contribution is -0.129. The van der Waals surface area contributed by atoms with Gasteiger partial charge in [0, 0.05) is 39.6 Å². The van der Waals surface area contributed by atoms with Crippen molar-refractivity contribution in [1.82, 2.24) is 14.1 Å². The molecule has 0 radical (unpaired) electrons. The van der Waals surface area contributed by atoms with E-state index in [-0.39, 0.29) is 17.6 Å². The van der Waals surface area contributed by atoms with Crippen LogP contribution in [0.2, 0.25) is 0 Å². The predicted molar refractivity (Wildman–Crippen MR) is 85.0 cm³/mol. The predicted octanol–water partition coefficient (Wildman–Crippen LogP) is 0.287. The summed E-state index contributed by atoms with van der Waals surface area (Å²) < 4.78 is 26.2. The Morgan fingerprint density at radius 3 is 2.48 bits per heavy atom. The molecule has 1 fully saturated rings. The number of alkyl halides is 1. The second-order valence-electron chi connectivity index (χ2n) is 5.85. The van der Waals surface area contributed by atoms with Gasteiger partial charge >= 0.3 is 0 Å². The minimum Gasteiger partial charge on any atom is -0.348 e. The van der Waals surface area contributed by atoms with Gasteiger partial charge in [-0.05, 0) is 18.9 Å². The minimum atomic E-state index is -3.26.